The van der Waals surface area contributed by atoms with E-state index in [0.717, 1.165) is 39.8 Å². The molecular formula is C38H42FN9O3. The predicted octanol–water partition coefficient (Wildman–Crippen LogP) is 5.12. The van der Waals surface area contributed by atoms with Gasteiger partial charge in [-0.15, -0.1) is 0 Å². The number of benzene rings is 2. The minimum absolute atomic E-state index is 0.00999. The third-order valence-corrected chi connectivity index (χ3v) is 10.7. The molecule has 12 nitrogen and oxygen atoms in total. The third kappa shape index (κ3) is 6.24. The van der Waals surface area contributed by atoms with E-state index in [4.69, 9.17) is 4.74 Å². The van der Waals surface area contributed by atoms with Gasteiger partial charge in [-0.3, -0.25) is 24.3 Å². The van der Waals surface area contributed by atoms with Crippen LogP contribution in [0.5, 0.6) is 5.88 Å². The van der Waals surface area contributed by atoms with Gasteiger partial charge in [0, 0.05) is 80.5 Å². The highest BCUT2D eigenvalue weighted by Gasteiger charge is 2.51. The van der Waals surface area contributed by atoms with E-state index in [1.807, 2.05) is 68.3 Å². The maximum absolute atomic E-state index is 16.1. The Morgan fingerprint density at radius 2 is 1.73 bits per heavy atom. The van der Waals surface area contributed by atoms with Crippen molar-refractivity contribution in [1.29, 1.82) is 0 Å². The van der Waals surface area contributed by atoms with E-state index in [1.165, 1.54) is 0 Å². The monoisotopic (exact) mass is 691 g/mol. The summed E-state index contributed by atoms with van der Waals surface area (Å²) in [6, 6.07) is 17.0. The Morgan fingerprint density at radius 3 is 2.43 bits per heavy atom. The van der Waals surface area contributed by atoms with Crippen LogP contribution in [-0.2, 0) is 22.3 Å². The lowest BCUT2D eigenvalue weighted by molar-refractivity contribution is -0.135. The minimum Gasteiger partial charge on any atom is -0.475 e. The fraction of sp³-hybridized carbons (Fsp3) is 0.421. The molecular weight excluding hydrogens is 649 g/mol. The van der Waals surface area contributed by atoms with E-state index in [9.17, 15) is 9.59 Å². The maximum Gasteiger partial charge on any atom is 0.236 e. The molecule has 3 fully saturated rings. The molecule has 2 aromatic carbocycles. The highest BCUT2D eigenvalue weighted by Crippen LogP contribution is 2.43. The molecule has 51 heavy (non-hydrogen) atoms. The number of carbonyl (C=O) groups excluding carboxylic acids is 2. The number of rotatable bonds is 8. The number of piperidine rings is 1. The summed E-state index contributed by atoms with van der Waals surface area (Å²) < 4.78 is 23.4. The number of carbonyl (C=O) groups is 2. The number of aryl methyl sites for hydroxylation is 1. The maximum atomic E-state index is 16.1. The van der Waals surface area contributed by atoms with Crippen molar-refractivity contribution < 1.29 is 18.7 Å². The summed E-state index contributed by atoms with van der Waals surface area (Å²) in [5, 5.41) is 12.9. The molecule has 1 unspecified atom stereocenters. The molecule has 3 aromatic heterocycles. The second-order valence-electron chi connectivity index (χ2n) is 14.5. The van der Waals surface area contributed by atoms with Crippen molar-refractivity contribution >= 4 is 28.4 Å². The number of aromatic amines is 1. The molecule has 1 spiro atoms. The summed E-state index contributed by atoms with van der Waals surface area (Å²) in [5.41, 5.74) is 2.78. The molecule has 1 N–H and O–H groups in total. The fourth-order valence-corrected chi connectivity index (χ4v) is 7.84. The highest BCUT2D eigenvalue weighted by atomic mass is 19.1. The van der Waals surface area contributed by atoms with Gasteiger partial charge in [-0.25, -0.2) is 14.4 Å². The van der Waals surface area contributed by atoms with E-state index in [-0.39, 0.29) is 37.3 Å². The van der Waals surface area contributed by atoms with Crippen LogP contribution in [0, 0.1) is 5.41 Å². The van der Waals surface area contributed by atoms with Gasteiger partial charge in [-0.1, -0.05) is 24.3 Å². The summed E-state index contributed by atoms with van der Waals surface area (Å²) in [7, 11) is 1.81. The Labute approximate surface area is 295 Å². The molecule has 264 valence electrons. The molecule has 1 atom stereocenters. The van der Waals surface area contributed by atoms with Gasteiger partial charge in [0.1, 0.15) is 17.7 Å². The predicted molar refractivity (Wildman–Crippen MR) is 191 cm³/mol. The van der Waals surface area contributed by atoms with Crippen molar-refractivity contribution in [3.05, 3.63) is 72.7 Å². The first-order valence-electron chi connectivity index (χ1n) is 17.7. The first kappa shape index (κ1) is 33.0. The normalized spacial score (nSPS) is 20.7. The molecule has 0 bridgehead atoms. The number of H-pyrrole nitrogens is 1. The lowest BCUT2D eigenvalue weighted by Gasteiger charge is -2.37. The molecule has 3 saturated heterocycles. The van der Waals surface area contributed by atoms with Crippen molar-refractivity contribution in [3.63, 3.8) is 0 Å². The van der Waals surface area contributed by atoms with Crippen molar-refractivity contribution in [2.45, 2.75) is 51.3 Å². The largest absolute Gasteiger partial charge is 0.475 e. The molecule has 2 amide bonds. The van der Waals surface area contributed by atoms with Gasteiger partial charge in [0.2, 0.25) is 17.7 Å². The van der Waals surface area contributed by atoms with Crippen LogP contribution in [0.4, 0.5) is 10.1 Å². The lowest BCUT2D eigenvalue weighted by Crippen LogP contribution is -2.47. The van der Waals surface area contributed by atoms with E-state index in [0.29, 0.717) is 56.4 Å². The van der Waals surface area contributed by atoms with Gasteiger partial charge in [0.05, 0.1) is 23.6 Å². The molecule has 8 rings (SSSR count). The summed E-state index contributed by atoms with van der Waals surface area (Å²) in [5.74, 6) is 1.25. The van der Waals surface area contributed by atoms with Gasteiger partial charge >= 0.3 is 0 Å². The van der Waals surface area contributed by atoms with Crippen LogP contribution in [0.3, 0.4) is 0 Å². The molecule has 13 heteroatoms. The van der Waals surface area contributed by atoms with Crippen molar-refractivity contribution in [2.24, 2.45) is 12.5 Å². The lowest BCUT2D eigenvalue weighted by atomic mass is 9.85. The number of likely N-dealkylation sites (tertiary alicyclic amines) is 2. The van der Waals surface area contributed by atoms with E-state index in [2.05, 4.69) is 30.2 Å². The average molecular weight is 692 g/mol. The standard InChI is InChI=1S/C38H42FN9O3/c1-25(2)51-32-11-6-27(21-40-32)34-30-20-29(9-10-31(30)42-43-34)48-19-13-37(36(48)50)12-16-46(23-37)22-33(49)47-17-14-38(39,15-18-47)28-7-4-26(5-8-28)35-41-24-45(3)44-35/h4-11,20-21,24-25H,12-19,22-23H2,1-3H3,(H,42,43). The van der Waals surface area contributed by atoms with Crippen molar-refractivity contribution in [3.8, 4) is 28.5 Å². The van der Waals surface area contributed by atoms with Crippen LogP contribution in [-0.4, -0.2) is 96.9 Å². The number of hydrogen-bond acceptors (Lipinski definition) is 8. The van der Waals surface area contributed by atoms with Crippen LogP contribution < -0.4 is 9.64 Å². The zero-order valence-electron chi connectivity index (χ0n) is 29.2. The minimum atomic E-state index is -1.49. The molecule has 0 saturated carbocycles. The number of halogens is 1. The third-order valence-electron chi connectivity index (χ3n) is 10.7. The Bertz CT molecular complexity index is 2070. The van der Waals surface area contributed by atoms with Gasteiger partial charge in [0.15, 0.2) is 5.82 Å². The molecule has 0 radical (unpaired) electrons. The number of amides is 2. The van der Waals surface area contributed by atoms with Crippen LogP contribution in [0.1, 0.15) is 45.1 Å². The fourth-order valence-electron chi connectivity index (χ4n) is 7.84. The van der Waals surface area contributed by atoms with Gasteiger partial charge in [0.25, 0.3) is 0 Å². The van der Waals surface area contributed by atoms with E-state index >= 15 is 4.39 Å². The Kier molecular flexibility index (Phi) is 8.32. The van der Waals surface area contributed by atoms with Crippen LogP contribution in [0.15, 0.2) is 67.1 Å². The van der Waals surface area contributed by atoms with Gasteiger partial charge in [-0.2, -0.15) is 10.2 Å². The number of anilines is 1. The number of alkyl halides is 1. The molecule has 0 aliphatic carbocycles. The first-order valence-corrected chi connectivity index (χ1v) is 17.7. The number of ether oxygens (including phenoxy) is 1. The SMILES string of the molecule is CC(C)Oc1ccc(-c2n[nH]c3ccc(N4CCC5(CCN(CC(=O)N6CCC(F)(c7ccc(-c8ncn(C)n8)cc7)CC6)C5)C4=O)cc23)cn1. The zero-order valence-corrected chi connectivity index (χ0v) is 29.2. The second kappa shape index (κ2) is 12.9. The Hall–Kier alpha value is -5.17. The smallest absolute Gasteiger partial charge is 0.236 e. The topological polar surface area (TPSA) is 125 Å². The van der Waals surface area contributed by atoms with E-state index < -0.39 is 11.1 Å². The zero-order chi connectivity index (χ0) is 35.3. The number of aromatic nitrogens is 6. The Morgan fingerprint density at radius 1 is 0.961 bits per heavy atom. The average Bonchev–Trinajstić information content (AvgIpc) is 3.92. The number of nitrogens with zero attached hydrogens (tertiary/aromatic N) is 8. The highest BCUT2D eigenvalue weighted by molar-refractivity contribution is 6.03. The van der Waals surface area contributed by atoms with Crippen LogP contribution in [0.2, 0.25) is 0 Å². The number of hydrogen-bond donors (Lipinski definition) is 1. The van der Waals surface area contributed by atoms with Crippen LogP contribution >= 0.6 is 0 Å². The summed E-state index contributed by atoms with van der Waals surface area (Å²) >= 11 is 0. The quantitative estimate of drug-likeness (QED) is 0.238. The van der Waals surface area contributed by atoms with Gasteiger partial charge < -0.3 is 14.5 Å². The van der Waals surface area contributed by atoms with Gasteiger partial charge in [-0.05, 0) is 63.1 Å². The van der Waals surface area contributed by atoms with Crippen molar-refractivity contribution in [2.75, 3.05) is 44.2 Å². The summed E-state index contributed by atoms with van der Waals surface area (Å²) in [6.07, 6.45) is 5.36. The summed E-state index contributed by atoms with van der Waals surface area (Å²) in [6.45, 7) is 6.71. The van der Waals surface area contributed by atoms with Crippen LogP contribution in [0.25, 0.3) is 33.5 Å². The number of pyridine rings is 1. The van der Waals surface area contributed by atoms with Crippen molar-refractivity contribution in [1.82, 2.24) is 39.7 Å². The molecule has 3 aliphatic heterocycles. The summed E-state index contributed by atoms with van der Waals surface area (Å²) in [4.78, 5) is 41.9. The Balaban J connectivity index is 0.880. The number of nitrogens with one attached hydrogen (secondary N) is 1. The van der Waals surface area contributed by atoms with E-state index in [1.54, 1.807) is 34.2 Å². The molecule has 6 heterocycles. The molecule has 5 aromatic rings. The molecule has 3 aliphatic rings. The first-order chi connectivity index (χ1) is 24.6. The number of fused-ring (bicyclic) bond motifs is 1. The second-order valence-corrected chi connectivity index (χ2v) is 14.5.